The van der Waals surface area contributed by atoms with Gasteiger partial charge in [0.15, 0.2) is 0 Å². The van der Waals surface area contributed by atoms with E-state index < -0.39 is 22.6 Å². The fraction of sp³-hybridized carbons (Fsp3) is 0. The minimum atomic E-state index is -3.79. The normalized spacial score (nSPS) is 5.20. The molecule has 0 spiro atoms. The zero-order chi connectivity index (χ0) is 3.58. The third-order valence-electron chi connectivity index (χ3n) is 0. The minimum absolute atomic E-state index is 0. The summed E-state index contributed by atoms with van der Waals surface area (Å²) in [4.78, 5) is 0. The van der Waals surface area contributed by atoms with E-state index in [-0.39, 0.29) is 27.3 Å². The van der Waals surface area contributed by atoms with Gasteiger partial charge in [0.25, 0.3) is 0 Å². The van der Waals surface area contributed by atoms with Crippen LogP contribution in [0.3, 0.4) is 0 Å². The summed E-state index contributed by atoms with van der Waals surface area (Å²) in [5.41, 5.74) is 0. The summed E-state index contributed by atoms with van der Waals surface area (Å²) < 4.78 is 23.3. The predicted molar refractivity (Wildman–Crippen MR) is 5.12 cm³/mol. The molecule has 0 atom stereocenters. The Hall–Kier alpha value is 1.53. The van der Waals surface area contributed by atoms with Crippen molar-refractivity contribution in [2.24, 2.45) is 0 Å². The van der Waals surface area contributed by atoms with Crippen LogP contribution in [0.5, 0.6) is 0 Å². The Morgan fingerprint density at radius 2 is 1.40 bits per heavy atom. The zero-order valence-electron chi connectivity index (χ0n) is 2.51. The number of hydrogen-bond acceptors (Lipinski definition) is 1. The molecule has 0 heterocycles. The number of rotatable bonds is 0. The van der Waals surface area contributed by atoms with Gasteiger partial charge in [-0.2, -0.15) is 0 Å². The quantitative estimate of drug-likeness (QED) is 0.531. The van der Waals surface area contributed by atoms with Gasteiger partial charge in [-0.15, -0.1) is 0 Å². The van der Waals surface area contributed by atoms with E-state index in [4.69, 9.17) is 9.18 Å². The molecular formula is H2CdO3Zr. The van der Waals surface area contributed by atoms with Crippen LogP contribution < -0.4 is 0 Å². The first-order valence-corrected chi connectivity index (χ1v) is 3.85. The van der Waals surface area contributed by atoms with Gasteiger partial charge in [-0.05, 0) is 0 Å². The third kappa shape index (κ3) is 29.5. The molecule has 5 heavy (non-hydrogen) atoms. The first kappa shape index (κ1) is 9.73. The van der Waals surface area contributed by atoms with E-state index in [0.29, 0.717) is 0 Å². The van der Waals surface area contributed by atoms with Crippen LogP contribution in [0, 0.1) is 0 Å². The molecular weight excluding hydrogens is 252 g/mol. The van der Waals surface area contributed by atoms with Crippen LogP contribution in [0.15, 0.2) is 0 Å². The van der Waals surface area contributed by atoms with Crippen LogP contribution >= 0.6 is 0 Å². The third-order valence-corrected chi connectivity index (χ3v) is 0. The topological polar surface area (TPSA) is 57.5 Å². The van der Waals surface area contributed by atoms with Gasteiger partial charge in [0, 0.05) is 27.3 Å². The summed E-state index contributed by atoms with van der Waals surface area (Å²) in [6.45, 7) is 0. The van der Waals surface area contributed by atoms with Crippen LogP contribution in [0.1, 0.15) is 0 Å². The standard InChI is InChI=1S/Cd.2H2O.O.Zr/h;2*1H2;;/q;;;;+2/p-2. The van der Waals surface area contributed by atoms with Gasteiger partial charge in [-0.1, -0.05) is 0 Å². The summed E-state index contributed by atoms with van der Waals surface area (Å²) in [7, 11) is 0. The second-order valence-corrected chi connectivity index (χ2v) is 1.67. The Morgan fingerprint density at radius 3 is 1.40 bits per heavy atom. The van der Waals surface area contributed by atoms with Crippen molar-refractivity contribution in [3.63, 3.8) is 0 Å². The van der Waals surface area contributed by atoms with Crippen molar-refractivity contribution < 1.29 is 59.1 Å². The van der Waals surface area contributed by atoms with Crippen LogP contribution in [-0.2, 0) is 52.7 Å². The molecule has 0 aliphatic rings. The van der Waals surface area contributed by atoms with Crippen molar-refractivity contribution in [3.05, 3.63) is 0 Å². The van der Waals surface area contributed by atoms with Crippen molar-refractivity contribution >= 4 is 0 Å². The van der Waals surface area contributed by atoms with Gasteiger partial charge in [0.2, 0.25) is 0 Å². The summed E-state index contributed by atoms with van der Waals surface area (Å²) in [5, 5.41) is 0. The first-order chi connectivity index (χ1) is 1.73. The SMILES string of the molecule is [Cd].[O]=[Zr]([OH])[OH]. The van der Waals surface area contributed by atoms with Crippen molar-refractivity contribution in [2.45, 2.75) is 0 Å². The molecule has 0 aromatic carbocycles. The second kappa shape index (κ2) is 5.53. The molecule has 0 aromatic heterocycles. The van der Waals surface area contributed by atoms with Gasteiger partial charge < -0.3 is 0 Å². The molecule has 0 aliphatic heterocycles. The molecule has 0 aromatic rings. The van der Waals surface area contributed by atoms with E-state index >= 15 is 0 Å². The van der Waals surface area contributed by atoms with E-state index in [1.165, 1.54) is 0 Å². The number of hydrogen-bond donors (Lipinski definition) is 2. The molecule has 5 heteroatoms. The summed E-state index contributed by atoms with van der Waals surface area (Å²) in [5.74, 6) is 0. The molecule has 0 fully saturated rings. The monoisotopic (exact) mass is 254 g/mol. The maximum atomic E-state index is 8.84. The van der Waals surface area contributed by atoms with Crippen LogP contribution in [-0.4, -0.2) is 6.37 Å². The van der Waals surface area contributed by atoms with Gasteiger partial charge in [-0.3, -0.25) is 0 Å². The maximum absolute atomic E-state index is 8.84. The Labute approximate surface area is 58.5 Å². The fourth-order valence-corrected chi connectivity index (χ4v) is 0. The van der Waals surface area contributed by atoms with Crippen LogP contribution in [0.25, 0.3) is 0 Å². The first-order valence-electron chi connectivity index (χ1n) is 0.651. The van der Waals surface area contributed by atoms with E-state index in [0.717, 1.165) is 0 Å². The van der Waals surface area contributed by atoms with E-state index in [1.807, 2.05) is 0 Å². The molecule has 26 valence electrons. The van der Waals surface area contributed by atoms with Crippen molar-refractivity contribution in [1.82, 2.24) is 0 Å². The molecule has 2 N–H and O–H groups in total. The Balaban J connectivity index is 0. The Bertz CT molecular complexity index is 29.9. The van der Waals surface area contributed by atoms with Crippen LogP contribution in [0.2, 0.25) is 0 Å². The molecule has 0 rings (SSSR count). The Morgan fingerprint density at radius 1 is 1.40 bits per heavy atom. The zero-order valence-corrected chi connectivity index (χ0v) is 9.00. The molecule has 0 aliphatic carbocycles. The van der Waals surface area contributed by atoms with E-state index in [1.54, 1.807) is 0 Å². The molecule has 0 saturated carbocycles. The molecule has 0 saturated heterocycles. The van der Waals surface area contributed by atoms with E-state index in [9.17, 15) is 0 Å². The second-order valence-electron chi connectivity index (χ2n) is 0.283. The summed E-state index contributed by atoms with van der Waals surface area (Å²) in [6, 6.07) is 0. The molecule has 3 nitrogen and oxygen atoms in total. The fourth-order valence-electron chi connectivity index (χ4n) is 0. The van der Waals surface area contributed by atoms with Gasteiger partial charge >= 0.3 is 31.8 Å². The van der Waals surface area contributed by atoms with Crippen molar-refractivity contribution in [3.8, 4) is 0 Å². The average Bonchev–Trinajstić information content (AvgIpc) is 0.811. The predicted octanol–water partition coefficient (Wildman–Crippen LogP) is -1.24. The molecule has 0 unspecified atom stereocenters. The van der Waals surface area contributed by atoms with Crippen LogP contribution in [0.4, 0.5) is 0 Å². The van der Waals surface area contributed by atoms with Gasteiger partial charge in [-0.25, -0.2) is 0 Å². The van der Waals surface area contributed by atoms with Crippen molar-refractivity contribution in [1.29, 1.82) is 0 Å². The molecule has 0 radical (unpaired) electrons. The summed E-state index contributed by atoms with van der Waals surface area (Å²) >= 11 is -3.79. The van der Waals surface area contributed by atoms with Gasteiger partial charge in [0.05, 0.1) is 0 Å². The van der Waals surface area contributed by atoms with E-state index in [2.05, 4.69) is 0 Å². The molecule has 0 amide bonds. The van der Waals surface area contributed by atoms with Crippen molar-refractivity contribution in [2.75, 3.05) is 0 Å². The Kier molecular flexibility index (Phi) is 10.7. The molecule has 0 bridgehead atoms. The van der Waals surface area contributed by atoms with Gasteiger partial charge in [0.1, 0.15) is 0 Å². The average molecular weight is 254 g/mol. The summed E-state index contributed by atoms with van der Waals surface area (Å²) in [6.07, 6.45) is 0.